The van der Waals surface area contributed by atoms with Gasteiger partial charge in [0.1, 0.15) is 0 Å². The van der Waals surface area contributed by atoms with E-state index in [-0.39, 0.29) is 36.0 Å². The van der Waals surface area contributed by atoms with Gasteiger partial charge in [-0.05, 0) is 55.9 Å². The van der Waals surface area contributed by atoms with E-state index in [9.17, 15) is 14.4 Å². The van der Waals surface area contributed by atoms with Crippen LogP contribution in [0.5, 0.6) is 0 Å². The Labute approximate surface area is 202 Å². The van der Waals surface area contributed by atoms with Crippen molar-refractivity contribution in [1.29, 1.82) is 0 Å². The number of anilines is 2. The third-order valence-electron chi connectivity index (χ3n) is 7.36. The molecule has 180 valence electrons. The number of hydrogen-bond donors (Lipinski definition) is 1. The van der Waals surface area contributed by atoms with Crippen LogP contribution in [-0.4, -0.2) is 42.3 Å². The Hall–Kier alpha value is -3.15. The van der Waals surface area contributed by atoms with Crippen molar-refractivity contribution in [3.05, 3.63) is 59.7 Å². The summed E-state index contributed by atoms with van der Waals surface area (Å²) in [5.74, 6) is 0.0132. The number of piperidine rings is 1. The molecule has 1 N–H and O–H groups in total. The number of likely N-dealkylation sites (tertiary alicyclic amines) is 1. The molecule has 0 spiro atoms. The van der Waals surface area contributed by atoms with Gasteiger partial charge in [-0.2, -0.15) is 0 Å². The maximum atomic E-state index is 13.1. The summed E-state index contributed by atoms with van der Waals surface area (Å²) in [5, 5.41) is 3.13. The van der Waals surface area contributed by atoms with E-state index in [0.29, 0.717) is 38.4 Å². The molecule has 0 aromatic heterocycles. The minimum atomic E-state index is -0.318. The van der Waals surface area contributed by atoms with E-state index in [1.807, 2.05) is 54.3 Å². The molecule has 0 saturated carbocycles. The lowest BCUT2D eigenvalue weighted by Crippen LogP contribution is -2.44. The highest BCUT2D eigenvalue weighted by molar-refractivity contribution is 6.00. The smallest absolute Gasteiger partial charge is 0.228 e. The van der Waals surface area contributed by atoms with Crippen LogP contribution in [0.25, 0.3) is 0 Å². The molecule has 0 radical (unpaired) electrons. The Morgan fingerprint density at radius 3 is 2.38 bits per heavy atom. The molecule has 2 aromatic carbocycles. The highest BCUT2D eigenvalue weighted by Crippen LogP contribution is 2.30. The number of para-hydroxylation sites is 1. The maximum Gasteiger partial charge on any atom is 0.228 e. The Morgan fingerprint density at radius 2 is 1.71 bits per heavy atom. The molecule has 2 atom stereocenters. The lowest BCUT2D eigenvalue weighted by atomic mass is 9.93. The normalized spacial score (nSPS) is 19.9. The van der Waals surface area contributed by atoms with Crippen LogP contribution in [0.1, 0.15) is 56.6 Å². The number of amides is 3. The van der Waals surface area contributed by atoms with Gasteiger partial charge in [0.15, 0.2) is 0 Å². The number of aryl methyl sites for hydroxylation is 1. The fourth-order valence-corrected chi connectivity index (χ4v) is 4.96. The number of carbonyl (C=O) groups is 3. The highest BCUT2D eigenvalue weighted by atomic mass is 16.2. The molecule has 0 aliphatic carbocycles. The number of nitrogens with one attached hydrogen (secondary N) is 1. The summed E-state index contributed by atoms with van der Waals surface area (Å²) >= 11 is 0. The third-order valence-corrected chi connectivity index (χ3v) is 7.36. The van der Waals surface area contributed by atoms with Crippen molar-refractivity contribution in [3.63, 3.8) is 0 Å². The maximum absolute atomic E-state index is 13.1. The first-order valence-electron chi connectivity index (χ1n) is 12.4. The average Bonchev–Trinajstić information content (AvgIpc) is 3.25. The van der Waals surface area contributed by atoms with E-state index in [1.165, 1.54) is 0 Å². The molecule has 4 rings (SSSR count). The first kappa shape index (κ1) is 24.0. The van der Waals surface area contributed by atoms with Crippen LogP contribution in [-0.2, 0) is 14.4 Å². The highest BCUT2D eigenvalue weighted by Gasteiger charge is 2.38. The van der Waals surface area contributed by atoms with Crippen LogP contribution in [0, 0.1) is 18.8 Å². The molecule has 2 aliphatic heterocycles. The zero-order valence-corrected chi connectivity index (χ0v) is 20.4. The van der Waals surface area contributed by atoms with Crippen LogP contribution >= 0.6 is 0 Å². The summed E-state index contributed by atoms with van der Waals surface area (Å²) in [7, 11) is 0. The van der Waals surface area contributed by atoms with Crippen molar-refractivity contribution < 1.29 is 14.4 Å². The van der Waals surface area contributed by atoms with E-state index in [0.717, 1.165) is 28.9 Å². The Bertz CT molecular complexity index is 1040. The summed E-state index contributed by atoms with van der Waals surface area (Å²) in [6, 6.07) is 15.8. The molecule has 2 saturated heterocycles. The van der Waals surface area contributed by atoms with E-state index in [4.69, 9.17) is 0 Å². The zero-order valence-electron chi connectivity index (χ0n) is 20.4. The summed E-state index contributed by atoms with van der Waals surface area (Å²) in [6.07, 6.45) is 2.55. The molecular formula is C28H35N3O3. The lowest BCUT2D eigenvalue weighted by Gasteiger charge is -2.33. The molecule has 6 heteroatoms. The van der Waals surface area contributed by atoms with Crippen molar-refractivity contribution >= 4 is 29.1 Å². The second-order valence-electron chi connectivity index (χ2n) is 9.73. The van der Waals surface area contributed by atoms with Gasteiger partial charge in [-0.25, -0.2) is 0 Å². The number of carbonyl (C=O) groups excluding carboxylic acids is 3. The van der Waals surface area contributed by atoms with Gasteiger partial charge < -0.3 is 15.1 Å². The van der Waals surface area contributed by atoms with Gasteiger partial charge in [-0.15, -0.1) is 0 Å². The summed E-state index contributed by atoms with van der Waals surface area (Å²) in [4.78, 5) is 42.2. The number of nitrogens with zero attached hydrogens (tertiary/aromatic N) is 2. The molecule has 0 unspecified atom stereocenters. The first-order chi connectivity index (χ1) is 16.4. The summed E-state index contributed by atoms with van der Waals surface area (Å²) in [5.41, 5.74) is 4.04. The van der Waals surface area contributed by atoms with E-state index >= 15 is 0 Å². The molecule has 2 fully saturated rings. The summed E-state index contributed by atoms with van der Waals surface area (Å²) in [6.45, 7) is 7.86. The fourth-order valence-electron chi connectivity index (χ4n) is 4.96. The van der Waals surface area contributed by atoms with Gasteiger partial charge in [0, 0.05) is 43.3 Å². The number of rotatable bonds is 6. The van der Waals surface area contributed by atoms with Gasteiger partial charge in [0.25, 0.3) is 0 Å². The van der Waals surface area contributed by atoms with E-state index in [2.05, 4.69) is 25.2 Å². The fraction of sp³-hybridized carbons (Fsp3) is 0.464. The molecule has 2 aliphatic rings. The Balaban J connectivity index is 1.31. The molecule has 6 nitrogen and oxygen atoms in total. The van der Waals surface area contributed by atoms with Crippen molar-refractivity contribution in [2.45, 2.75) is 52.4 Å². The second kappa shape index (κ2) is 10.4. The predicted octanol–water partition coefficient (Wildman–Crippen LogP) is 4.74. The predicted molar refractivity (Wildman–Crippen MR) is 135 cm³/mol. The van der Waals surface area contributed by atoms with Gasteiger partial charge in [0.2, 0.25) is 17.7 Å². The van der Waals surface area contributed by atoms with Crippen LogP contribution < -0.4 is 10.2 Å². The standard InChI is InChI=1S/C28H35N3O3/c1-4-20(3)24-7-5-6-8-25(24)29-27(33)21-13-15-30(16-14-21)28(34)22-17-26(32)31(18-22)23-11-9-19(2)10-12-23/h5-12,20-22H,4,13-18H2,1-3H3,(H,29,33)/t20-,22+/m0/s1. The average molecular weight is 462 g/mol. The van der Waals surface area contributed by atoms with Gasteiger partial charge in [-0.3, -0.25) is 14.4 Å². The minimum absolute atomic E-state index is 0.00330. The molecule has 2 heterocycles. The van der Waals surface area contributed by atoms with Gasteiger partial charge >= 0.3 is 0 Å². The monoisotopic (exact) mass is 461 g/mol. The van der Waals surface area contributed by atoms with Crippen molar-refractivity contribution in [3.8, 4) is 0 Å². The first-order valence-corrected chi connectivity index (χ1v) is 12.4. The second-order valence-corrected chi connectivity index (χ2v) is 9.73. The SMILES string of the molecule is CC[C@H](C)c1ccccc1NC(=O)C1CCN(C(=O)[C@@H]2CC(=O)N(c3ccc(C)cc3)C2)CC1. The van der Waals surface area contributed by atoms with Crippen LogP contribution in [0.15, 0.2) is 48.5 Å². The van der Waals surface area contributed by atoms with Gasteiger partial charge in [-0.1, -0.05) is 49.7 Å². The molecule has 3 amide bonds. The van der Waals surface area contributed by atoms with Gasteiger partial charge in [0.05, 0.1) is 5.92 Å². The largest absolute Gasteiger partial charge is 0.342 e. The third kappa shape index (κ3) is 5.16. The molecule has 2 aromatic rings. The molecular weight excluding hydrogens is 426 g/mol. The lowest BCUT2D eigenvalue weighted by molar-refractivity contribution is -0.138. The van der Waals surface area contributed by atoms with Crippen molar-refractivity contribution in [2.75, 3.05) is 29.9 Å². The van der Waals surface area contributed by atoms with Crippen LogP contribution in [0.3, 0.4) is 0 Å². The van der Waals surface area contributed by atoms with Crippen LogP contribution in [0.2, 0.25) is 0 Å². The number of hydrogen-bond acceptors (Lipinski definition) is 3. The molecule has 34 heavy (non-hydrogen) atoms. The minimum Gasteiger partial charge on any atom is -0.342 e. The van der Waals surface area contributed by atoms with Crippen molar-refractivity contribution in [2.24, 2.45) is 11.8 Å². The summed E-state index contributed by atoms with van der Waals surface area (Å²) < 4.78 is 0. The Morgan fingerprint density at radius 1 is 1.03 bits per heavy atom. The zero-order chi connectivity index (χ0) is 24.2. The molecule has 0 bridgehead atoms. The topological polar surface area (TPSA) is 69.7 Å². The van der Waals surface area contributed by atoms with Crippen LogP contribution in [0.4, 0.5) is 11.4 Å². The van der Waals surface area contributed by atoms with Crippen molar-refractivity contribution in [1.82, 2.24) is 4.90 Å². The number of benzene rings is 2. The Kier molecular flexibility index (Phi) is 7.35. The quantitative estimate of drug-likeness (QED) is 0.676. The van der Waals surface area contributed by atoms with E-state index < -0.39 is 0 Å². The van der Waals surface area contributed by atoms with E-state index in [1.54, 1.807) is 4.90 Å².